The molecule has 0 radical (unpaired) electrons. The summed E-state index contributed by atoms with van der Waals surface area (Å²) in [7, 11) is -1.12. The standard InChI is InChI=1S/C13H19N3O3S/c1-8(2)5-12-14-13(19-16-12)7-20(17)6-11-9(3)15-18-10(11)4/h8H,5-7H2,1-4H3/t20-/m1/s1. The molecule has 2 aromatic rings. The first-order chi connectivity index (χ1) is 9.45. The molecule has 0 saturated heterocycles. The Labute approximate surface area is 120 Å². The normalized spacial score (nSPS) is 13.1. The molecule has 7 heteroatoms. The van der Waals surface area contributed by atoms with E-state index in [0.717, 1.165) is 17.7 Å². The van der Waals surface area contributed by atoms with Crippen LogP contribution in [-0.4, -0.2) is 19.5 Å². The Hall–Kier alpha value is -1.50. The van der Waals surface area contributed by atoms with E-state index in [-0.39, 0.29) is 5.75 Å². The van der Waals surface area contributed by atoms with Gasteiger partial charge >= 0.3 is 0 Å². The zero-order valence-corrected chi connectivity index (χ0v) is 13.0. The Balaban J connectivity index is 1.96. The lowest BCUT2D eigenvalue weighted by Gasteiger charge is -1.98. The van der Waals surface area contributed by atoms with E-state index in [2.05, 4.69) is 29.1 Å². The van der Waals surface area contributed by atoms with Gasteiger partial charge in [-0.3, -0.25) is 4.21 Å². The third-order valence-corrected chi connectivity index (χ3v) is 4.05. The molecule has 0 aliphatic rings. The summed E-state index contributed by atoms with van der Waals surface area (Å²) in [6.45, 7) is 7.84. The monoisotopic (exact) mass is 297 g/mol. The van der Waals surface area contributed by atoms with Gasteiger partial charge in [-0.2, -0.15) is 4.98 Å². The van der Waals surface area contributed by atoms with E-state index < -0.39 is 10.8 Å². The Bertz CT molecular complexity index is 584. The average molecular weight is 297 g/mol. The van der Waals surface area contributed by atoms with Crippen LogP contribution in [0.25, 0.3) is 0 Å². The summed E-state index contributed by atoms with van der Waals surface area (Å²) in [4.78, 5) is 4.25. The van der Waals surface area contributed by atoms with Crippen LogP contribution in [0.15, 0.2) is 9.05 Å². The van der Waals surface area contributed by atoms with Crippen LogP contribution in [0, 0.1) is 19.8 Å². The summed E-state index contributed by atoms with van der Waals surface area (Å²) in [6, 6.07) is 0. The van der Waals surface area contributed by atoms with E-state index in [9.17, 15) is 4.21 Å². The van der Waals surface area contributed by atoms with Crippen molar-refractivity contribution in [3.8, 4) is 0 Å². The van der Waals surface area contributed by atoms with E-state index >= 15 is 0 Å². The minimum Gasteiger partial charge on any atom is -0.361 e. The number of rotatable bonds is 6. The molecular formula is C13H19N3O3S. The highest BCUT2D eigenvalue weighted by atomic mass is 32.2. The van der Waals surface area contributed by atoms with Crippen LogP contribution in [0.3, 0.4) is 0 Å². The topological polar surface area (TPSA) is 82.0 Å². The second kappa shape index (κ2) is 6.30. The molecule has 0 amide bonds. The van der Waals surface area contributed by atoms with Crippen LogP contribution in [0.4, 0.5) is 0 Å². The van der Waals surface area contributed by atoms with Crippen LogP contribution < -0.4 is 0 Å². The number of nitrogens with zero attached hydrogens (tertiary/aromatic N) is 3. The molecule has 110 valence electrons. The largest absolute Gasteiger partial charge is 0.361 e. The summed E-state index contributed by atoms with van der Waals surface area (Å²) in [5.41, 5.74) is 1.67. The fourth-order valence-corrected chi connectivity index (χ4v) is 3.08. The predicted octanol–water partition coefficient (Wildman–Crippen LogP) is 2.32. The van der Waals surface area contributed by atoms with Crippen molar-refractivity contribution in [2.45, 2.75) is 45.6 Å². The lowest BCUT2D eigenvalue weighted by molar-refractivity contribution is 0.381. The molecule has 0 bridgehead atoms. The van der Waals surface area contributed by atoms with E-state index in [1.807, 2.05) is 13.8 Å². The summed E-state index contributed by atoms with van der Waals surface area (Å²) in [5.74, 6) is 2.92. The molecular weight excluding hydrogens is 278 g/mol. The molecule has 0 N–H and O–H groups in total. The fourth-order valence-electron chi connectivity index (χ4n) is 1.85. The smallest absolute Gasteiger partial charge is 0.239 e. The van der Waals surface area contributed by atoms with Gasteiger partial charge in [0, 0.05) is 22.8 Å². The van der Waals surface area contributed by atoms with Crippen molar-refractivity contribution in [3.05, 3.63) is 28.7 Å². The highest BCUT2D eigenvalue weighted by molar-refractivity contribution is 7.83. The first-order valence-electron chi connectivity index (χ1n) is 6.54. The van der Waals surface area contributed by atoms with E-state index in [1.165, 1.54) is 0 Å². The summed E-state index contributed by atoms with van der Waals surface area (Å²) >= 11 is 0. The molecule has 2 rings (SSSR count). The lowest BCUT2D eigenvalue weighted by atomic mass is 10.1. The highest BCUT2D eigenvalue weighted by Gasteiger charge is 2.16. The molecule has 0 aromatic carbocycles. The third-order valence-electron chi connectivity index (χ3n) is 2.87. The molecule has 2 aromatic heterocycles. The van der Waals surface area contributed by atoms with Gasteiger partial charge in [0.05, 0.1) is 11.4 Å². The van der Waals surface area contributed by atoms with Gasteiger partial charge in [-0.1, -0.05) is 24.2 Å². The quantitative estimate of drug-likeness (QED) is 0.813. The zero-order valence-electron chi connectivity index (χ0n) is 12.2. The summed E-state index contributed by atoms with van der Waals surface area (Å²) in [5, 5.41) is 7.74. The molecule has 1 atom stereocenters. The minimum absolute atomic E-state index is 0.259. The maximum absolute atomic E-state index is 12.1. The van der Waals surface area contributed by atoms with Gasteiger partial charge in [-0.05, 0) is 19.8 Å². The maximum atomic E-state index is 12.1. The van der Waals surface area contributed by atoms with E-state index in [1.54, 1.807) is 0 Å². The molecule has 0 unspecified atom stereocenters. The summed E-state index contributed by atoms with van der Waals surface area (Å²) < 4.78 is 22.3. The maximum Gasteiger partial charge on any atom is 0.239 e. The third kappa shape index (κ3) is 3.75. The second-order valence-corrected chi connectivity index (χ2v) is 6.69. The van der Waals surface area contributed by atoms with Gasteiger partial charge in [-0.15, -0.1) is 0 Å². The molecule has 20 heavy (non-hydrogen) atoms. The average Bonchev–Trinajstić information content (AvgIpc) is 2.90. The molecule has 2 heterocycles. The zero-order chi connectivity index (χ0) is 14.7. The summed E-state index contributed by atoms with van der Waals surface area (Å²) in [6.07, 6.45) is 0.764. The number of hydrogen-bond acceptors (Lipinski definition) is 6. The minimum atomic E-state index is -1.12. The van der Waals surface area contributed by atoms with Gasteiger partial charge in [0.25, 0.3) is 0 Å². The first kappa shape index (κ1) is 14.9. The van der Waals surface area contributed by atoms with Gasteiger partial charge in [0.15, 0.2) is 5.82 Å². The number of aromatic nitrogens is 3. The van der Waals surface area contributed by atoms with Crippen LogP contribution in [0.1, 0.15) is 42.6 Å². The van der Waals surface area contributed by atoms with E-state index in [4.69, 9.17) is 9.05 Å². The Morgan fingerprint density at radius 1 is 1.15 bits per heavy atom. The predicted molar refractivity (Wildman–Crippen MR) is 74.4 cm³/mol. The van der Waals surface area contributed by atoms with Crippen molar-refractivity contribution < 1.29 is 13.3 Å². The van der Waals surface area contributed by atoms with Crippen molar-refractivity contribution in [1.29, 1.82) is 0 Å². The molecule has 0 fully saturated rings. The van der Waals surface area contributed by atoms with Gasteiger partial charge in [0.1, 0.15) is 11.5 Å². The molecule has 6 nitrogen and oxygen atoms in total. The molecule has 0 aliphatic carbocycles. The Morgan fingerprint density at radius 3 is 2.50 bits per heavy atom. The van der Waals surface area contributed by atoms with Crippen molar-refractivity contribution >= 4 is 10.8 Å². The SMILES string of the molecule is Cc1noc(C)c1C[S@@](=O)Cc1nc(CC(C)C)no1. The Kier molecular flexibility index (Phi) is 4.69. The van der Waals surface area contributed by atoms with Crippen LogP contribution >= 0.6 is 0 Å². The first-order valence-corrected chi connectivity index (χ1v) is 8.02. The van der Waals surface area contributed by atoms with Crippen molar-refractivity contribution in [3.63, 3.8) is 0 Å². The molecule has 0 saturated carbocycles. The number of aryl methyl sites for hydroxylation is 2. The highest BCUT2D eigenvalue weighted by Crippen LogP contribution is 2.16. The van der Waals surface area contributed by atoms with Crippen molar-refractivity contribution in [2.24, 2.45) is 5.92 Å². The lowest BCUT2D eigenvalue weighted by Crippen LogP contribution is -2.02. The van der Waals surface area contributed by atoms with Gasteiger partial charge in [-0.25, -0.2) is 0 Å². The van der Waals surface area contributed by atoms with Crippen LogP contribution in [0.5, 0.6) is 0 Å². The number of hydrogen-bond donors (Lipinski definition) is 0. The molecule has 0 aliphatic heterocycles. The van der Waals surface area contributed by atoms with Crippen molar-refractivity contribution in [2.75, 3.05) is 0 Å². The van der Waals surface area contributed by atoms with Crippen LogP contribution in [-0.2, 0) is 28.7 Å². The van der Waals surface area contributed by atoms with Gasteiger partial charge < -0.3 is 9.05 Å². The van der Waals surface area contributed by atoms with Crippen molar-refractivity contribution in [1.82, 2.24) is 15.3 Å². The fraction of sp³-hybridized carbons (Fsp3) is 0.615. The molecule has 0 spiro atoms. The van der Waals surface area contributed by atoms with Gasteiger partial charge in [0.2, 0.25) is 5.89 Å². The van der Waals surface area contributed by atoms with Crippen LogP contribution in [0.2, 0.25) is 0 Å². The van der Waals surface area contributed by atoms with E-state index in [0.29, 0.717) is 29.1 Å². The Morgan fingerprint density at radius 2 is 1.90 bits per heavy atom. The second-order valence-electron chi connectivity index (χ2n) is 5.23.